The summed E-state index contributed by atoms with van der Waals surface area (Å²) in [6, 6.07) is 5.52. The maximum absolute atomic E-state index is 10.4. The SMILES string of the molecule is COc1ccc(C(O)C2CCCCC2)c(N)c1. The van der Waals surface area contributed by atoms with Crippen molar-refractivity contribution in [3.63, 3.8) is 0 Å². The maximum atomic E-state index is 10.4. The topological polar surface area (TPSA) is 55.5 Å². The first-order chi connectivity index (χ1) is 8.22. The van der Waals surface area contributed by atoms with E-state index in [0.29, 0.717) is 11.6 Å². The number of ether oxygens (including phenoxy) is 1. The molecule has 1 atom stereocenters. The van der Waals surface area contributed by atoms with Crippen LogP contribution < -0.4 is 10.5 Å². The lowest BCUT2D eigenvalue weighted by molar-refractivity contribution is 0.0854. The van der Waals surface area contributed by atoms with Gasteiger partial charge in [0.1, 0.15) is 5.75 Å². The van der Waals surface area contributed by atoms with Gasteiger partial charge in [-0.25, -0.2) is 0 Å². The van der Waals surface area contributed by atoms with Crippen LogP contribution in [0, 0.1) is 5.92 Å². The van der Waals surface area contributed by atoms with E-state index in [4.69, 9.17) is 10.5 Å². The van der Waals surface area contributed by atoms with Crippen molar-refractivity contribution in [2.45, 2.75) is 38.2 Å². The molecule has 1 aliphatic carbocycles. The van der Waals surface area contributed by atoms with Gasteiger partial charge >= 0.3 is 0 Å². The van der Waals surface area contributed by atoms with E-state index in [2.05, 4.69) is 0 Å². The molecule has 0 saturated heterocycles. The Hall–Kier alpha value is -1.22. The first-order valence-corrected chi connectivity index (χ1v) is 6.34. The third-order valence-corrected chi connectivity index (χ3v) is 3.71. The number of methoxy groups -OCH3 is 1. The van der Waals surface area contributed by atoms with Crippen molar-refractivity contribution < 1.29 is 9.84 Å². The first kappa shape index (κ1) is 12.2. The average molecular weight is 235 g/mol. The van der Waals surface area contributed by atoms with Gasteiger partial charge in [-0.3, -0.25) is 0 Å². The minimum Gasteiger partial charge on any atom is -0.497 e. The monoisotopic (exact) mass is 235 g/mol. The molecule has 1 saturated carbocycles. The van der Waals surface area contributed by atoms with Crippen molar-refractivity contribution in [2.24, 2.45) is 5.92 Å². The van der Waals surface area contributed by atoms with E-state index in [1.807, 2.05) is 12.1 Å². The second-order valence-corrected chi connectivity index (χ2v) is 4.84. The fraction of sp³-hybridized carbons (Fsp3) is 0.571. The summed E-state index contributed by atoms with van der Waals surface area (Å²) in [5, 5.41) is 10.4. The third-order valence-electron chi connectivity index (χ3n) is 3.71. The Balaban J connectivity index is 2.15. The van der Waals surface area contributed by atoms with Gasteiger partial charge in [0.15, 0.2) is 0 Å². The standard InChI is InChI=1S/C14H21NO2/c1-17-11-7-8-12(13(15)9-11)14(16)10-5-3-2-4-6-10/h7-10,14,16H,2-6,15H2,1H3. The quantitative estimate of drug-likeness (QED) is 0.792. The molecule has 0 aromatic heterocycles. The van der Waals surface area contributed by atoms with Gasteiger partial charge in [0.25, 0.3) is 0 Å². The fourth-order valence-corrected chi connectivity index (χ4v) is 2.65. The zero-order valence-corrected chi connectivity index (χ0v) is 10.4. The number of anilines is 1. The van der Waals surface area contributed by atoms with Crippen LogP contribution in [-0.4, -0.2) is 12.2 Å². The second-order valence-electron chi connectivity index (χ2n) is 4.84. The molecule has 1 fully saturated rings. The van der Waals surface area contributed by atoms with Gasteiger partial charge in [-0.1, -0.05) is 25.3 Å². The lowest BCUT2D eigenvalue weighted by atomic mass is 9.82. The second kappa shape index (κ2) is 5.41. The molecule has 0 heterocycles. The average Bonchev–Trinajstić information content (AvgIpc) is 2.39. The van der Waals surface area contributed by atoms with Crippen LogP contribution in [-0.2, 0) is 0 Å². The summed E-state index contributed by atoms with van der Waals surface area (Å²) in [6.07, 6.45) is 5.51. The Morgan fingerprint density at radius 1 is 1.29 bits per heavy atom. The fourth-order valence-electron chi connectivity index (χ4n) is 2.65. The lowest BCUT2D eigenvalue weighted by Gasteiger charge is -2.27. The predicted octanol–water partition coefficient (Wildman–Crippen LogP) is 2.89. The summed E-state index contributed by atoms with van der Waals surface area (Å²) in [5.41, 5.74) is 7.44. The smallest absolute Gasteiger partial charge is 0.120 e. The van der Waals surface area contributed by atoms with E-state index in [1.165, 1.54) is 19.3 Å². The molecular formula is C14H21NO2. The van der Waals surface area contributed by atoms with Gasteiger partial charge < -0.3 is 15.6 Å². The van der Waals surface area contributed by atoms with E-state index in [9.17, 15) is 5.11 Å². The van der Waals surface area contributed by atoms with Crippen LogP contribution in [0.1, 0.15) is 43.8 Å². The number of hydrogen-bond donors (Lipinski definition) is 2. The molecule has 0 spiro atoms. The highest BCUT2D eigenvalue weighted by Gasteiger charge is 2.24. The molecule has 2 rings (SSSR count). The van der Waals surface area contributed by atoms with Crippen molar-refractivity contribution in [1.29, 1.82) is 0 Å². The highest BCUT2D eigenvalue weighted by atomic mass is 16.5. The van der Waals surface area contributed by atoms with Gasteiger partial charge in [-0.2, -0.15) is 0 Å². The Kier molecular flexibility index (Phi) is 3.89. The van der Waals surface area contributed by atoms with Crippen LogP contribution >= 0.6 is 0 Å². The van der Waals surface area contributed by atoms with Crippen LogP contribution in [0.25, 0.3) is 0 Å². The Morgan fingerprint density at radius 3 is 2.59 bits per heavy atom. The van der Waals surface area contributed by atoms with Crippen molar-refractivity contribution >= 4 is 5.69 Å². The highest BCUT2D eigenvalue weighted by Crippen LogP contribution is 2.37. The van der Waals surface area contributed by atoms with Crippen molar-refractivity contribution in [2.75, 3.05) is 12.8 Å². The summed E-state index contributed by atoms with van der Waals surface area (Å²) >= 11 is 0. The largest absolute Gasteiger partial charge is 0.497 e. The maximum Gasteiger partial charge on any atom is 0.120 e. The van der Waals surface area contributed by atoms with Gasteiger partial charge in [-0.15, -0.1) is 0 Å². The molecule has 0 radical (unpaired) electrons. The van der Waals surface area contributed by atoms with E-state index in [0.717, 1.165) is 24.2 Å². The van der Waals surface area contributed by atoms with E-state index in [-0.39, 0.29) is 0 Å². The minimum absolute atomic E-state index is 0.361. The van der Waals surface area contributed by atoms with E-state index in [1.54, 1.807) is 13.2 Å². The van der Waals surface area contributed by atoms with Gasteiger partial charge in [0.05, 0.1) is 13.2 Å². The van der Waals surface area contributed by atoms with Crippen molar-refractivity contribution in [3.8, 4) is 5.75 Å². The third kappa shape index (κ3) is 2.72. The summed E-state index contributed by atoms with van der Waals surface area (Å²) in [6.45, 7) is 0. The zero-order chi connectivity index (χ0) is 12.3. The Bertz CT molecular complexity index is 372. The van der Waals surface area contributed by atoms with Gasteiger partial charge in [-0.05, 0) is 24.8 Å². The number of hydrogen-bond acceptors (Lipinski definition) is 3. The van der Waals surface area contributed by atoms with Crippen molar-refractivity contribution in [1.82, 2.24) is 0 Å². The molecule has 0 bridgehead atoms. The normalized spacial score (nSPS) is 18.9. The number of nitrogens with two attached hydrogens (primary N) is 1. The number of nitrogen functional groups attached to an aromatic ring is 1. The van der Waals surface area contributed by atoms with Crippen LogP contribution in [0.3, 0.4) is 0 Å². The summed E-state index contributed by atoms with van der Waals surface area (Å²) in [4.78, 5) is 0. The van der Waals surface area contributed by atoms with Crippen LogP contribution in [0.4, 0.5) is 5.69 Å². The molecule has 94 valence electrons. The molecule has 3 N–H and O–H groups in total. The van der Waals surface area contributed by atoms with Crippen molar-refractivity contribution in [3.05, 3.63) is 23.8 Å². The molecule has 1 unspecified atom stereocenters. The molecule has 1 aromatic carbocycles. The molecule has 1 aliphatic rings. The number of rotatable bonds is 3. The Labute approximate surface area is 103 Å². The molecule has 3 nitrogen and oxygen atoms in total. The summed E-state index contributed by atoms with van der Waals surface area (Å²) < 4.78 is 5.11. The van der Waals surface area contributed by atoms with Gasteiger partial charge in [0, 0.05) is 17.3 Å². The lowest BCUT2D eigenvalue weighted by Crippen LogP contribution is -2.17. The summed E-state index contributed by atoms with van der Waals surface area (Å²) in [7, 11) is 1.62. The molecule has 3 heteroatoms. The molecule has 17 heavy (non-hydrogen) atoms. The van der Waals surface area contributed by atoms with Crippen LogP contribution in [0.5, 0.6) is 5.75 Å². The molecule has 0 amide bonds. The molecule has 0 aliphatic heterocycles. The number of benzene rings is 1. The predicted molar refractivity (Wildman–Crippen MR) is 68.9 cm³/mol. The van der Waals surface area contributed by atoms with Gasteiger partial charge in [0.2, 0.25) is 0 Å². The molecule has 1 aromatic rings. The van der Waals surface area contributed by atoms with E-state index >= 15 is 0 Å². The summed E-state index contributed by atoms with van der Waals surface area (Å²) in [5.74, 6) is 1.10. The van der Waals surface area contributed by atoms with E-state index < -0.39 is 6.10 Å². The zero-order valence-electron chi connectivity index (χ0n) is 10.4. The highest BCUT2D eigenvalue weighted by molar-refractivity contribution is 5.52. The minimum atomic E-state index is -0.429. The van der Waals surface area contributed by atoms with Crippen LogP contribution in [0.15, 0.2) is 18.2 Å². The Morgan fingerprint density at radius 2 is 2.00 bits per heavy atom. The number of aliphatic hydroxyl groups excluding tert-OH is 1. The number of aliphatic hydroxyl groups is 1. The first-order valence-electron chi connectivity index (χ1n) is 6.34. The molecular weight excluding hydrogens is 214 g/mol. The van der Waals surface area contributed by atoms with Crippen LogP contribution in [0.2, 0.25) is 0 Å².